The molecule has 0 bridgehead atoms. The summed E-state index contributed by atoms with van der Waals surface area (Å²) in [5, 5.41) is 9.84. The summed E-state index contributed by atoms with van der Waals surface area (Å²) < 4.78 is 18.5. The lowest BCUT2D eigenvalue weighted by Gasteiger charge is -2.21. The maximum absolute atomic E-state index is 13.0. The predicted octanol–water partition coefficient (Wildman–Crippen LogP) is 4.14. The Morgan fingerprint density at radius 3 is 2.75 bits per heavy atom. The lowest BCUT2D eigenvalue weighted by atomic mass is 9.86. The van der Waals surface area contributed by atoms with Crippen molar-refractivity contribution in [3.63, 3.8) is 0 Å². The van der Waals surface area contributed by atoms with Gasteiger partial charge in [-0.15, -0.1) is 11.6 Å². The van der Waals surface area contributed by atoms with E-state index in [0.29, 0.717) is 27.8 Å². The molecule has 1 heterocycles. The second-order valence-electron chi connectivity index (χ2n) is 5.14. The number of rotatable bonds is 4. The van der Waals surface area contributed by atoms with Crippen LogP contribution < -0.4 is 4.74 Å². The molecule has 2 aromatic rings. The van der Waals surface area contributed by atoms with Crippen LogP contribution in [0.4, 0.5) is 4.39 Å². The molecule has 0 aliphatic heterocycles. The molecule has 0 fully saturated rings. The minimum absolute atomic E-state index is 0.267. The maximum atomic E-state index is 13.0. The van der Waals surface area contributed by atoms with Gasteiger partial charge in [0.15, 0.2) is 5.75 Å². The van der Waals surface area contributed by atoms with Gasteiger partial charge < -0.3 is 4.74 Å². The fraction of sp³-hybridized carbons (Fsp3) is 0.235. The number of benzene rings is 1. The molecule has 4 nitrogen and oxygen atoms in total. The smallest absolute Gasteiger partial charge is 0.308 e. The molecule has 0 atom stereocenters. The average molecular weight is 364 g/mol. The normalized spacial score (nSPS) is 13.0. The highest BCUT2D eigenvalue weighted by atomic mass is 35.5. The van der Waals surface area contributed by atoms with Gasteiger partial charge >= 0.3 is 6.08 Å². The molecule has 1 aliphatic rings. The second kappa shape index (κ2) is 7.16. The molecular formula is C17H12Cl2FN3O. The quantitative estimate of drug-likeness (QED) is 0.605. The molecule has 0 spiro atoms. The third-order valence-corrected chi connectivity index (χ3v) is 4.29. The van der Waals surface area contributed by atoms with Gasteiger partial charge in [0.05, 0.1) is 16.5 Å². The summed E-state index contributed by atoms with van der Waals surface area (Å²) >= 11 is 12.1. The van der Waals surface area contributed by atoms with Gasteiger partial charge in [-0.05, 0) is 35.6 Å². The van der Waals surface area contributed by atoms with Crippen molar-refractivity contribution in [3.8, 4) is 11.8 Å². The van der Waals surface area contributed by atoms with E-state index >= 15 is 0 Å². The first kappa shape index (κ1) is 16.7. The maximum Gasteiger partial charge on any atom is 0.308 e. The van der Waals surface area contributed by atoms with Crippen LogP contribution in [0.2, 0.25) is 5.02 Å². The third-order valence-electron chi connectivity index (χ3n) is 3.73. The number of nitriles is 1. The van der Waals surface area contributed by atoms with E-state index in [-0.39, 0.29) is 6.61 Å². The lowest BCUT2D eigenvalue weighted by molar-refractivity contribution is 0.341. The monoisotopic (exact) mass is 363 g/mol. The van der Waals surface area contributed by atoms with Crippen molar-refractivity contribution < 1.29 is 9.13 Å². The zero-order valence-corrected chi connectivity index (χ0v) is 14.0. The molecule has 24 heavy (non-hydrogen) atoms. The minimum Gasteiger partial charge on any atom is -0.489 e. The zero-order valence-electron chi connectivity index (χ0n) is 12.5. The largest absolute Gasteiger partial charge is 0.489 e. The number of halogens is 3. The molecule has 122 valence electrons. The molecule has 1 aliphatic carbocycles. The molecule has 0 radical (unpaired) electrons. The van der Waals surface area contributed by atoms with E-state index in [0.717, 1.165) is 29.5 Å². The topological polar surface area (TPSA) is 58.8 Å². The molecule has 0 saturated carbocycles. The van der Waals surface area contributed by atoms with E-state index in [1.165, 1.54) is 12.4 Å². The van der Waals surface area contributed by atoms with E-state index in [4.69, 9.17) is 27.9 Å². The number of fused-ring (bicyclic) bond motifs is 1. The van der Waals surface area contributed by atoms with Crippen LogP contribution in [0, 0.1) is 17.4 Å². The third kappa shape index (κ3) is 3.08. The minimum atomic E-state index is -0.782. The van der Waals surface area contributed by atoms with Crippen molar-refractivity contribution in [2.45, 2.75) is 12.8 Å². The Kier molecular flexibility index (Phi) is 4.98. The van der Waals surface area contributed by atoms with Crippen LogP contribution in [-0.2, 0) is 6.42 Å². The van der Waals surface area contributed by atoms with Gasteiger partial charge in [-0.25, -0.2) is 9.97 Å². The standard InChI is InChI=1S/C17H12Cl2FN3O/c18-4-5-24-16-10(7-21)6-14-12(2-1-3-13(14)15(16)19)11-8-22-17(20)23-9-11/h2,6,8-9H,1,3-5H2. The molecule has 0 amide bonds. The van der Waals surface area contributed by atoms with Crippen molar-refractivity contribution >= 4 is 28.8 Å². The van der Waals surface area contributed by atoms with Gasteiger partial charge in [0.25, 0.3) is 0 Å². The molecule has 0 N–H and O–H groups in total. The summed E-state index contributed by atoms with van der Waals surface area (Å²) in [5.74, 6) is 0.659. The fourth-order valence-electron chi connectivity index (χ4n) is 2.72. The van der Waals surface area contributed by atoms with Crippen molar-refractivity contribution in [1.29, 1.82) is 5.26 Å². The number of nitrogens with zero attached hydrogens (tertiary/aromatic N) is 3. The Morgan fingerprint density at radius 1 is 1.33 bits per heavy atom. The molecule has 7 heteroatoms. The van der Waals surface area contributed by atoms with Gasteiger partial charge in [0.1, 0.15) is 12.7 Å². The summed E-state index contributed by atoms with van der Waals surface area (Å²) in [6, 6.07) is 3.84. The summed E-state index contributed by atoms with van der Waals surface area (Å²) in [5.41, 5.74) is 3.54. The molecule has 1 aromatic heterocycles. The summed E-state index contributed by atoms with van der Waals surface area (Å²) in [4.78, 5) is 7.19. The van der Waals surface area contributed by atoms with E-state index in [1.54, 1.807) is 6.07 Å². The molecule has 0 unspecified atom stereocenters. The van der Waals surface area contributed by atoms with E-state index in [9.17, 15) is 9.65 Å². The van der Waals surface area contributed by atoms with E-state index < -0.39 is 6.08 Å². The van der Waals surface area contributed by atoms with Crippen LogP contribution in [0.3, 0.4) is 0 Å². The van der Waals surface area contributed by atoms with Gasteiger partial charge in [-0.1, -0.05) is 17.7 Å². The summed E-state index contributed by atoms with van der Waals surface area (Å²) in [6.45, 7) is 0.267. The Labute approximate surface area is 148 Å². The molecule has 0 saturated heterocycles. The average Bonchev–Trinajstić information content (AvgIpc) is 2.61. The van der Waals surface area contributed by atoms with Crippen LogP contribution in [-0.4, -0.2) is 22.5 Å². The first-order valence-electron chi connectivity index (χ1n) is 7.28. The Morgan fingerprint density at radius 2 is 2.08 bits per heavy atom. The van der Waals surface area contributed by atoms with Gasteiger partial charge in [-0.3, -0.25) is 0 Å². The lowest BCUT2D eigenvalue weighted by Crippen LogP contribution is -2.08. The Balaban J connectivity index is 2.12. The highest BCUT2D eigenvalue weighted by Crippen LogP contribution is 2.41. The fourth-order valence-corrected chi connectivity index (χ4v) is 3.15. The molecule has 3 rings (SSSR count). The number of hydrogen-bond donors (Lipinski definition) is 0. The first-order chi connectivity index (χ1) is 11.7. The van der Waals surface area contributed by atoms with Crippen molar-refractivity contribution in [2.24, 2.45) is 0 Å². The highest BCUT2D eigenvalue weighted by Gasteiger charge is 2.23. The van der Waals surface area contributed by atoms with Gasteiger partial charge in [0, 0.05) is 18.0 Å². The van der Waals surface area contributed by atoms with Crippen molar-refractivity contribution in [1.82, 2.24) is 9.97 Å². The van der Waals surface area contributed by atoms with Crippen LogP contribution in [0.15, 0.2) is 24.5 Å². The van der Waals surface area contributed by atoms with Gasteiger partial charge in [-0.2, -0.15) is 9.65 Å². The number of alkyl halides is 1. The first-order valence-corrected chi connectivity index (χ1v) is 8.19. The van der Waals surface area contributed by atoms with Gasteiger partial charge in [0.2, 0.25) is 0 Å². The van der Waals surface area contributed by atoms with Crippen LogP contribution in [0.25, 0.3) is 5.57 Å². The summed E-state index contributed by atoms with van der Waals surface area (Å²) in [7, 11) is 0. The van der Waals surface area contributed by atoms with E-state index in [2.05, 4.69) is 16.0 Å². The zero-order chi connectivity index (χ0) is 17.1. The Hall–Kier alpha value is -2.16. The van der Waals surface area contributed by atoms with E-state index in [1.807, 2.05) is 6.08 Å². The van der Waals surface area contributed by atoms with Crippen molar-refractivity contribution in [2.75, 3.05) is 12.5 Å². The number of hydrogen-bond acceptors (Lipinski definition) is 4. The molecular weight excluding hydrogens is 352 g/mol. The predicted molar refractivity (Wildman–Crippen MR) is 89.8 cm³/mol. The second-order valence-corrected chi connectivity index (χ2v) is 5.90. The highest BCUT2D eigenvalue weighted by molar-refractivity contribution is 6.33. The van der Waals surface area contributed by atoms with Crippen LogP contribution in [0.5, 0.6) is 5.75 Å². The van der Waals surface area contributed by atoms with Crippen LogP contribution in [0.1, 0.15) is 28.7 Å². The SMILES string of the molecule is N#Cc1cc2c(c(Cl)c1OCCCl)CCC=C2c1cnc(F)nc1. The number of ether oxygens (including phenoxy) is 1. The number of aromatic nitrogens is 2. The van der Waals surface area contributed by atoms with Crippen molar-refractivity contribution in [3.05, 3.63) is 57.9 Å². The van der Waals surface area contributed by atoms with Crippen LogP contribution >= 0.6 is 23.2 Å². The summed E-state index contributed by atoms with van der Waals surface area (Å²) in [6.07, 6.45) is 5.55. The number of allylic oxidation sites excluding steroid dienone is 1. The Bertz CT molecular complexity index is 844. The molecule has 1 aromatic carbocycles.